The SMILES string of the molecule is CC(C)(C)CCNC([NH])=O. The molecule has 0 aromatic carbocycles. The lowest BCUT2D eigenvalue weighted by molar-refractivity contribution is 0.245. The minimum Gasteiger partial charge on any atom is -0.337 e. The third-order valence-corrected chi connectivity index (χ3v) is 1.16. The molecular formula is C7H15N2O. The smallest absolute Gasteiger partial charge is 0.333 e. The van der Waals surface area contributed by atoms with E-state index in [1.807, 2.05) is 0 Å². The van der Waals surface area contributed by atoms with Gasteiger partial charge in [0.05, 0.1) is 0 Å². The van der Waals surface area contributed by atoms with Crippen LogP contribution in [0.4, 0.5) is 4.79 Å². The number of hydrogen-bond donors (Lipinski definition) is 1. The van der Waals surface area contributed by atoms with E-state index in [2.05, 4.69) is 26.1 Å². The largest absolute Gasteiger partial charge is 0.337 e. The van der Waals surface area contributed by atoms with Gasteiger partial charge in [0.2, 0.25) is 0 Å². The molecule has 0 aromatic rings. The van der Waals surface area contributed by atoms with Crippen molar-refractivity contribution in [2.45, 2.75) is 27.2 Å². The van der Waals surface area contributed by atoms with Gasteiger partial charge >= 0.3 is 6.03 Å². The van der Waals surface area contributed by atoms with Crippen LogP contribution < -0.4 is 11.1 Å². The number of carbonyl (C=O) groups excluding carboxylic acids is 1. The van der Waals surface area contributed by atoms with Gasteiger partial charge in [0.1, 0.15) is 0 Å². The van der Waals surface area contributed by atoms with Gasteiger partial charge in [-0.15, -0.1) is 0 Å². The normalized spacial score (nSPS) is 11.1. The van der Waals surface area contributed by atoms with E-state index in [1.54, 1.807) is 0 Å². The summed E-state index contributed by atoms with van der Waals surface area (Å²) in [6, 6.07) is -0.691. The highest BCUT2D eigenvalue weighted by Gasteiger charge is 2.09. The number of hydrogen-bond acceptors (Lipinski definition) is 1. The molecule has 1 radical (unpaired) electrons. The van der Waals surface area contributed by atoms with Crippen LogP contribution in [0.15, 0.2) is 0 Å². The van der Waals surface area contributed by atoms with E-state index in [9.17, 15) is 4.79 Å². The molecule has 2 N–H and O–H groups in total. The lowest BCUT2D eigenvalue weighted by Gasteiger charge is -2.17. The Morgan fingerprint density at radius 1 is 1.50 bits per heavy atom. The lowest BCUT2D eigenvalue weighted by Crippen LogP contribution is -2.26. The second-order valence-electron chi connectivity index (χ2n) is 3.57. The second-order valence-corrected chi connectivity index (χ2v) is 3.57. The Morgan fingerprint density at radius 3 is 2.30 bits per heavy atom. The number of nitrogens with one attached hydrogen (secondary N) is 2. The van der Waals surface area contributed by atoms with E-state index in [0.717, 1.165) is 6.42 Å². The van der Waals surface area contributed by atoms with Crippen LogP contribution in [-0.2, 0) is 0 Å². The molecule has 10 heavy (non-hydrogen) atoms. The van der Waals surface area contributed by atoms with Gasteiger partial charge < -0.3 is 5.32 Å². The maximum Gasteiger partial charge on any atom is 0.333 e. The Labute approximate surface area is 62.0 Å². The van der Waals surface area contributed by atoms with E-state index in [-0.39, 0.29) is 5.41 Å². The molecule has 0 rings (SSSR count). The minimum atomic E-state index is -0.691. The van der Waals surface area contributed by atoms with Crippen LogP contribution >= 0.6 is 0 Å². The molecule has 0 bridgehead atoms. The van der Waals surface area contributed by atoms with Crippen molar-refractivity contribution >= 4 is 6.03 Å². The van der Waals surface area contributed by atoms with Crippen LogP contribution in [0.2, 0.25) is 0 Å². The summed E-state index contributed by atoms with van der Waals surface area (Å²) in [7, 11) is 0. The first kappa shape index (κ1) is 9.27. The molecule has 3 heteroatoms. The monoisotopic (exact) mass is 143 g/mol. The van der Waals surface area contributed by atoms with Crippen molar-refractivity contribution in [1.82, 2.24) is 11.1 Å². The summed E-state index contributed by atoms with van der Waals surface area (Å²) >= 11 is 0. The molecule has 0 aliphatic rings. The molecule has 0 fully saturated rings. The molecule has 3 nitrogen and oxygen atoms in total. The maximum atomic E-state index is 10.1. The number of amides is 2. The number of rotatable bonds is 2. The highest BCUT2D eigenvalue weighted by Crippen LogP contribution is 2.16. The van der Waals surface area contributed by atoms with Gasteiger partial charge in [0, 0.05) is 6.54 Å². The average Bonchev–Trinajstić information content (AvgIpc) is 1.59. The first-order valence-corrected chi connectivity index (χ1v) is 3.41. The molecular weight excluding hydrogens is 128 g/mol. The third-order valence-electron chi connectivity index (χ3n) is 1.16. The van der Waals surface area contributed by atoms with Gasteiger partial charge in [-0.2, -0.15) is 0 Å². The molecule has 0 aliphatic carbocycles. The van der Waals surface area contributed by atoms with E-state index in [0.29, 0.717) is 6.54 Å². The molecule has 0 atom stereocenters. The van der Waals surface area contributed by atoms with Crippen LogP contribution in [0.5, 0.6) is 0 Å². The second kappa shape index (κ2) is 3.44. The number of carbonyl (C=O) groups is 1. The quantitative estimate of drug-likeness (QED) is 0.624. The summed E-state index contributed by atoms with van der Waals surface area (Å²) in [5.74, 6) is 0. The molecule has 0 saturated heterocycles. The zero-order valence-electron chi connectivity index (χ0n) is 6.82. The first-order chi connectivity index (χ1) is 4.42. The Kier molecular flexibility index (Phi) is 3.19. The summed E-state index contributed by atoms with van der Waals surface area (Å²) in [6.07, 6.45) is 0.914. The van der Waals surface area contributed by atoms with Crippen molar-refractivity contribution < 1.29 is 4.79 Å². The van der Waals surface area contributed by atoms with Gasteiger partial charge in [-0.1, -0.05) is 20.8 Å². The maximum absolute atomic E-state index is 10.1. The van der Waals surface area contributed by atoms with Gasteiger partial charge in [0.25, 0.3) is 0 Å². The van der Waals surface area contributed by atoms with Crippen molar-refractivity contribution in [1.29, 1.82) is 0 Å². The van der Waals surface area contributed by atoms with Gasteiger partial charge in [-0.3, -0.25) is 0 Å². The highest BCUT2D eigenvalue weighted by atomic mass is 16.2. The van der Waals surface area contributed by atoms with Gasteiger partial charge in [-0.05, 0) is 11.8 Å². The molecule has 2 amide bonds. The summed E-state index contributed by atoms with van der Waals surface area (Å²) in [5.41, 5.74) is 6.77. The predicted octanol–water partition coefficient (Wildman–Crippen LogP) is 1.42. The highest BCUT2D eigenvalue weighted by molar-refractivity contribution is 5.70. The fraction of sp³-hybridized carbons (Fsp3) is 0.857. The van der Waals surface area contributed by atoms with E-state index in [1.165, 1.54) is 0 Å². The predicted molar refractivity (Wildman–Crippen MR) is 40.6 cm³/mol. The van der Waals surface area contributed by atoms with Gasteiger partial charge in [0.15, 0.2) is 0 Å². The Morgan fingerprint density at radius 2 is 2.00 bits per heavy atom. The fourth-order valence-electron chi connectivity index (χ4n) is 0.551. The van der Waals surface area contributed by atoms with E-state index in [4.69, 9.17) is 5.73 Å². The molecule has 0 spiro atoms. The molecule has 0 unspecified atom stereocenters. The first-order valence-electron chi connectivity index (χ1n) is 3.41. The molecule has 59 valence electrons. The Balaban J connectivity index is 3.29. The molecule has 0 heterocycles. The standard InChI is InChI=1S/C7H15N2O/c1-7(2,3)4-5-9-6(8)10/h8H,4-5H2,1-3H3,(H,9,10). The summed E-state index contributed by atoms with van der Waals surface area (Å²) in [5, 5.41) is 2.43. The van der Waals surface area contributed by atoms with E-state index >= 15 is 0 Å². The van der Waals surface area contributed by atoms with Crippen molar-refractivity contribution in [3.63, 3.8) is 0 Å². The molecule has 0 aliphatic heterocycles. The molecule has 0 saturated carbocycles. The summed E-state index contributed by atoms with van der Waals surface area (Å²) in [6.45, 7) is 6.90. The summed E-state index contributed by atoms with van der Waals surface area (Å²) in [4.78, 5) is 10.1. The average molecular weight is 143 g/mol. The van der Waals surface area contributed by atoms with Crippen molar-refractivity contribution in [3.05, 3.63) is 0 Å². The topological polar surface area (TPSA) is 52.9 Å². The minimum absolute atomic E-state index is 0.239. The van der Waals surface area contributed by atoms with Crippen LogP contribution in [-0.4, -0.2) is 12.6 Å². The zero-order valence-corrected chi connectivity index (χ0v) is 6.82. The number of urea groups is 1. The van der Waals surface area contributed by atoms with Crippen LogP contribution in [0.1, 0.15) is 27.2 Å². The van der Waals surface area contributed by atoms with Crippen LogP contribution in [0, 0.1) is 5.41 Å². The molecule has 0 aromatic heterocycles. The van der Waals surface area contributed by atoms with Crippen LogP contribution in [0.25, 0.3) is 0 Å². The lowest BCUT2D eigenvalue weighted by atomic mass is 9.92. The third kappa shape index (κ3) is 7.27. The van der Waals surface area contributed by atoms with Gasteiger partial charge in [-0.25, -0.2) is 10.5 Å². The fourth-order valence-corrected chi connectivity index (χ4v) is 0.551. The Hall–Kier alpha value is -0.730. The van der Waals surface area contributed by atoms with Crippen molar-refractivity contribution in [2.24, 2.45) is 5.41 Å². The summed E-state index contributed by atoms with van der Waals surface area (Å²) < 4.78 is 0. The van der Waals surface area contributed by atoms with Crippen molar-refractivity contribution in [3.8, 4) is 0 Å². The van der Waals surface area contributed by atoms with E-state index < -0.39 is 6.03 Å². The Bertz CT molecular complexity index is 115. The van der Waals surface area contributed by atoms with Crippen LogP contribution in [0.3, 0.4) is 0 Å². The van der Waals surface area contributed by atoms with Crippen molar-refractivity contribution in [2.75, 3.05) is 6.54 Å². The zero-order chi connectivity index (χ0) is 8.20.